The number of halogens is 1. The lowest BCUT2D eigenvalue weighted by Crippen LogP contribution is -2.28. The van der Waals surface area contributed by atoms with E-state index in [1.807, 2.05) is 25.1 Å². The summed E-state index contributed by atoms with van der Waals surface area (Å²) in [6.07, 6.45) is 2.49. The Morgan fingerprint density at radius 2 is 2.11 bits per heavy atom. The molecule has 0 aliphatic rings. The first-order chi connectivity index (χ1) is 8.33. The molecule has 0 amide bonds. The van der Waals surface area contributed by atoms with Gasteiger partial charge in [-0.15, -0.1) is 0 Å². The fourth-order valence-corrected chi connectivity index (χ4v) is 2.59. The van der Waals surface area contributed by atoms with Crippen LogP contribution in [-0.2, 0) is 9.84 Å². The van der Waals surface area contributed by atoms with E-state index in [1.165, 1.54) is 6.26 Å². The van der Waals surface area contributed by atoms with Crippen LogP contribution in [0.5, 0.6) is 0 Å². The number of hydrogen-bond donors (Lipinski definition) is 2. The number of benzene rings is 1. The SMILES string of the molecule is Cc1cc(C(CCCS(C)(=O)=O)NN)ccc1Cl. The van der Waals surface area contributed by atoms with Crippen molar-refractivity contribution in [3.63, 3.8) is 0 Å². The summed E-state index contributed by atoms with van der Waals surface area (Å²) in [5, 5.41) is 0.714. The summed E-state index contributed by atoms with van der Waals surface area (Å²) in [4.78, 5) is 0. The van der Waals surface area contributed by atoms with E-state index in [4.69, 9.17) is 17.4 Å². The Balaban J connectivity index is 2.68. The number of rotatable bonds is 6. The number of aryl methyl sites for hydroxylation is 1. The predicted molar refractivity (Wildman–Crippen MR) is 75.2 cm³/mol. The van der Waals surface area contributed by atoms with Crippen LogP contribution in [0.4, 0.5) is 0 Å². The van der Waals surface area contributed by atoms with E-state index in [9.17, 15) is 8.42 Å². The van der Waals surface area contributed by atoms with Crippen LogP contribution in [0, 0.1) is 6.92 Å². The van der Waals surface area contributed by atoms with Gasteiger partial charge in [-0.3, -0.25) is 11.3 Å². The zero-order valence-corrected chi connectivity index (χ0v) is 12.2. The normalized spacial score (nSPS) is 13.6. The third kappa shape index (κ3) is 4.94. The molecule has 0 saturated carbocycles. The molecule has 0 aliphatic heterocycles. The monoisotopic (exact) mass is 290 g/mol. The molecule has 6 heteroatoms. The average molecular weight is 291 g/mol. The van der Waals surface area contributed by atoms with Crippen LogP contribution < -0.4 is 11.3 Å². The smallest absolute Gasteiger partial charge is 0.147 e. The van der Waals surface area contributed by atoms with E-state index in [2.05, 4.69) is 5.43 Å². The Morgan fingerprint density at radius 3 is 2.61 bits per heavy atom. The van der Waals surface area contributed by atoms with Gasteiger partial charge in [-0.25, -0.2) is 8.42 Å². The number of sulfone groups is 1. The lowest BCUT2D eigenvalue weighted by atomic mass is 10.0. The minimum absolute atomic E-state index is 0.0530. The van der Waals surface area contributed by atoms with E-state index >= 15 is 0 Å². The lowest BCUT2D eigenvalue weighted by molar-refractivity contribution is 0.507. The molecule has 0 spiro atoms. The van der Waals surface area contributed by atoms with E-state index in [0.717, 1.165) is 11.1 Å². The molecule has 4 nitrogen and oxygen atoms in total. The first kappa shape index (κ1) is 15.4. The van der Waals surface area contributed by atoms with Crippen LogP contribution in [0.3, 0.4) is 0 Å². The summed E-state index contributed by atoms with van der Waals surface area (Å²) < 4.78 is 22.1. The fourth-order valence-electron chi connectivity index (χ4n) is 1.78. The average Bonchev–Trinajstić information content (AvgIpc) is 2.27. The van der Waals surface area contributed by atoms with Gasteiger partial charge in [0.25, 0.3) is 0 Å². The highest BCUT2D eigenvalue weighted by molar-refractivity contribution is 7.90. The van der Waals surface area contributed by atoms with Gasteiger partial charge in [0.05, 0.1) is 0 Å². The molecule has 1 atom stereocenters. The second-order valence-corrected chi connectivity index (χ2v) is 7.17. The Hall–Kier alpha value is -0.620. The zero-order chi connectivity index (χ0) is 13.8. The Morgan fingerprint density at radius 1 is 1.44 bits per heavy atom. The summed E-state index contributed by atoms with van der Waals surface area (Å²) in [5.74, 6) is 5.69. The van der Waals surface area contributed by atoms with Crippen molar-refractivity contribution in [2.75, 3.05) is 12.0 Å². The predicted octanol–water partition coefficient (Wildman–Crippen LogP) is 1.98. The van der Waals surface area contributed by atoms with Gasteiger partial charge in [-0.05, 0) is 37.0 Å². The van der Waals surface area contributed by atoms with E-state index in [1.54, 1.807) is 0 Å². The van der Waals surface area contributed by atoms with Crippen LogP contribution in [0.25, 0.3) is 0 Å². The molecule has 18 heavy (non-hydrogen) atoms. The molecule has 0 fully saturated rings. The Kier molecular flexibility index (Phi) is 5.59. The highest BCUT2D eigenvalue weighted by atomic mass is 35.5. The van der Waals surface area contributed by atoms with Gasteiger partial charge in [-0.1, -0.05) is 23.7 Å². The van der Waals surface area contributed by atoms with Crippen molar-refractivity contribution in [1.29, 1.82) is 0 Å². The molecular formula is C12H19ClN2O2S. The molecule has 1 aromatic carbocycles. The number of hydrogen-bond acceptors (Lipinski definition) is 4. The van der Waals surface area contributed by atoms with Gasteiger partial charge < -0.3 is 0 Å². The molecule has 0 bridgehead atoms. The maximum Gasteiger partial charge on any atom is 0.147 e. The minimum Gasteiger partial charge on any atom is -0.271 e. The molecule has 3 N–H and O–H groups in total. The standard InChI is InChI=1S/C12H19ClN2O2S/c1-9-8-10(5-6-11(9)13)12(15-14)4-3-7-18(2,16)17/h5-6,8,12,15H,3-4,7,14H2,1-2H3. The van der Waals surface area contributed by atoms with Crippen molar-refractivity contribution >= 4 is 21.4 Å². The number of hydrazine groups is 1. The quantitative estimate of drug-likeness (QED) is 0.621. The summed E-state index contributed by atoms with van der Waals surface area (Å²) in [6.45, 7) is 1.93. The second kappa shape index (κ2) is 6.52. The van der Waals surface area contributed by atoms with Crippen molar-refractivity contribution < 1.29 is 8.42 Å². The summed E-state index contributed by atoms with van der Waals surface area (Å²) in [6, 6.07) is 5.64. The topological polar surface area (TPSA) is 72.2 Å². The van der Waals surface area contributed by atoms with Crippen molar-refractivity contribution in [1.82, 2.24) is 5.43 Å². The first-order valence-corrected chi connectivity index (χ1v) is 8.17. The molecule has 1 rings (SSSR count). The minimum atomic E-state index is -2.91. The van der Waals surface area contributed by atoms with Gasteiger partial charge in [0, 0.05) is 23.1 Å². The van der Waals surface area contributed by atoms with E-state index < -0.39 is 9.84 Å². The third-order valence-corrected chi connectivity index (χ3v) is 4.25. The van der Waals surface area contributed by atoms with Crippen molar-refractivity contribution in [2.24, 2.45) is 5.84 Å². The molecule has 0 saturated heterocycles. The fraction of sp³-hybridized carbons (Fsp3) is 0.500. The second-order valence-electron chi connectivity index (χ2n) is 4.50. The molecular weight excluding hydrogens is 272 g/mol. The van der Waals surface area contributed by atoms with E-state index in [0.29, 0.717) is 17.9 Å². The molecule has 0 heterocycles. The summed E-state index contributed by atoms with van der Waals surface area (Å²) in [5.41, 5.74) is 4.72. The van der Waals surface area contributed by atoms with Gasteiger partial charge in [-0.2, -0.15) is 0 Å². The van der Waals surface area contributed by atoms with Crippen molar-refractivity contribution in [2.45, 2.75) is 25.8 Å². The van der Waals surface area contributed by atoms with Crippen LogP contribution in [0.2, 0.25) is 5.02 Å². The Labute approximate surface area is 113 Å². The van der Waals surface area contributed by atoms with E-state index in [-0.39, 0.29) is 11.8 Å². The maximum atomic E-state index is 11.1. The molecule has 1 unspecified atom stereocenters. The molecule has 1 aromatic rings. The maximum absolute atomic E-state index is 11.1. The van der Waals surface area contributed by atoms with Crippen LogP contribution in [0.1, 0.15) is 30.0 Å². The first-order valence-electron chi connectivity index (χ1n) is 5.73. The highest BCUT2D eigenvalue weighted by Crippen LogP contribution is 2.23. The van der Waals surface area contributed by atoms with Gasteiger partial charge in [0.1, 0.15) is 9.84 Å². The van der Waals surface area contributed by atoms with Crippen LogP contribution in [-0.4, -0.2) is 20.4 Å². The summed E-state index contributed by atoms with van der Waals surface area (Å²) >= 11 is 5.96. The van der Waals surface area contributed by atoms with Crippen molar-refractivity contribution in [3.8, 4) is 0 Å². The largest absolute Gasteiger partial charge is 0.271 e. The Bertz CT molecular complexity index is 503. The number of nitrogens with one attached hydrogen (secondary N) is 1. The molecule has 0 aliphatic carbocycles. The molecule has 0 radical (unpaired) electrons. The summed E-state index contributed by atoms with van der Waals surface area (Å²) in [7, 11) is -2.91. The molecule has 0 aromatic heterocycles. The van der Waals surface area contributed by atoms with Gasteiger partial charge in [0.15, 0.2) is 0 Å². The third-order valence-electron chi connectivity index (χ3n) is 2.79. The lowest BCUT2D eigenvalue weighted by Gasteiger charge is -2.17. The number of nitrogens with two attached hydrogens (primary N) is 1. The van der Waals surface area contributed by atoms with Crippen molar-refractivity contribution in [3.05, 3.63) is 34.3 Å². The van der Waals surface area contributed by atoms with Crippen LogP contribution in [0.15, 0.2) is 18.2 Å². The van der Waals surface area contributed by atoms with Gasteiger partial charge in [0.2, 0.25) is 0 Å². The van der Waals surface area contributed by atoms with Crippen LogP contribution >= 0.6 is 11.6 Å². The molecule has 102 valence electrons. The highest BCUT2D eigenvalue weighted by Gasteiger charge is 2.12. The zero-order valence-electron chi connectivity index (χ0n) is 10.6. The van der Waals surface area contributed by atoms with Gasteiger partial charge >= 0.3 is 0 Å².